The van der Waals surface area contributed by atoms with Crippen molar-refractivity contribution in [2.24, 2.45) is 0 Å². The molecule has 0 unspecified atom stereocenters. The molecule has 2 aromatic carbocycles. The number of ketones is 1. The first-order chi connectivity index (χ1) is 10.1. The van der Waals surface area contributed by atoms with Gasteiger partial charge in [-0.1, -0.05) is 28.1 Å². The summed E-state index contributed by atoms with van der Waals surface area (Å²) in [5.74, 6) is -0.180. The van der Waals surface area contributed by atoms with Crippen LogP contribution < -0.4 is 4.74 Å². The summed E-state index contributed by atoms with van der Waals surface area (Å²) >= 11 is 3.32. The average molecular weight is 349 g/mol. The van der Waals surface area contributed by atoms with Crippen LogP contribution in [0.5, 0.6) is 5.75 Å². The van der Waals surface area contributed by atoms with Crippen molar-refractivity contribution in [3.63, 3.8) is 0 Å². The fourth-order valence-corrected chi connectivity index (χ4v) is 2.50. The Bertz CT molecular complexity index is 839. The van der Waals surface area contributed by atoms with Gasteiger partial charge < -0.3 is 9.15 Å². The van der Waals surface area contributed by atoms with E-state index < -0.39 is 5.82 Å². The van der Waals surface area contributed by atoms with Crippen LogP contribution in [0.15, 0.2) is 51.4 Å². The van der Waals surface area contributed by atoms with Gasteiger partial charge in [0.2, 0.25) is 5.78 Å². The van der Waals surface area contributed by atoms with Crippen molar-refractivity contribution in [2.75, 3.05) is 7.11 Å². The lowest BCUT2D eigenvalue weighted by Crippen LogP contribution is -2.01. The van der Waals surface area contributed by atoms with Gasteiger partial charge in [-0.3, -0.25) is 4.79 Å². The zero-order valence-electron chi connectivity index (χ0n) is 11.0. The Labute approximate surface area is 128 Å². The third kappa shape index (κ3) is 2.45. The molecule has 1 aromatic heterocycles. The summed E-state index contributed by atoms with van der Waals surface area (Å²) in [5, 5.41) is 0.553. The normalized spacial score (nSPS) is 10.8. The van der Waals surface area contributed by atoms with E-state index >= 15 is 0 Å². The molecule has 0 aliphatic heterocycles. The van der Waals surface area contributed by atoms with Crippen LogP contribution >= 0.6 is 15.9 Å². The standard InChI is InChI=1S/C16H10BrFO3/c1-20-10-5-6-12(17)11(8-10)15(19)14-7-9-3-2-4-13(18)16(9)21-14/h2-8H,1H3. The topological polar surface area (TPSA) is 39.4 Å². The molecular weight excluding hydrogens is 339 g/mol. The maximum atomic E-state index is 13.6. The highest BCUT2D eigenvalue weighted by atomic mass is 79.9. The lowest BCUT2D eigenvalue weighted by atomic mass is 10.1. The van der Waals surface area contributed by atoms with Gasteiger partial charge in [-0.05, 0) is 30.3 Å². The van der Waals surface area contributed by atoms with Gasteiger partial charge in [-0.2, -0.15) is 0 Å². The zero-order valence-corrected chi connectivity index (χ0v) is 12.6. The van der Waals surface area contributed by atoms with Crippen molar-refractivity contribution >= 4 is 32.7 Å². The molecule has 5 heteroatoms. The monoisotopic (exact) mass is 348 g/mol. The molecule has 0 spiro atoms. The Kier molecular flexibility index (Phi) is 3.51. The molecule has 0 atom stereocenters. The molecule has 0 saturated heterocycles. The van der Waals surface area contributed by atoms with Crippen LogP contribution in [0.2, 0.25) is 0 Å². The molecule has 21 heavy (non-hydrogen) atoms. The van der Waals surface area contributed by atoms with Gasteiger partial charge in [0.1, 0.15) is 5.75 Å². The van der Waals surface area contributed by atoms with Crippen LogP contribution in [0.3, 0.4) is 0 Å². The second-order valence-electron chi connectivity index (χ2n) is 4.44. The maximum absolute atomic E-state index is 13.6. The quantitative estimate of drug-likeness (QED) is 0.650. The summed E-state index contributed by atoms with van der Waals surface area (Å²) in [6.07, 6.45) is 0. The molecule has 3 rings (SSSR count). The first kappa shape index (κ1) is 13.8. The molecule has 0 bridgehead atoms. The molecule has 0 radical (unpaired) electrons. The van der Waals surface area contributed by atoms with Crippen molar-refractivity contribution in [2.45, 2.75) is 0 Å². The SMILES string of the molecule is COc1ccc(Br)c(C(=O)c2cc3cccc(F)c3o2)c1. The Morgan fingerprint density at radius 3 is 2.76 bits per heavy atom. The van der Waals surface area contributed by atoms with Crippen LogP contribution in [0.4, 0.5) is 4.39 Å². The van der Waals surface area contributed by atoms with E-state index in [1.54, 1.807) is 30.3 Å². The number of methoxy groups -OCH3 is 1. The highest BCUT2D eigenvalue weighted by molar-refractivity contribution is 9.10. The number of rotatable bonds is 3. The zero-order chi connectivity index (χ0) is 15.0. The minimum absolute atomic E-state index is 0.0832. The highest BCUT2D eigenvalue weighted by Gasteiger charge is 2.19. The van der Waals surface area contributed by atoms with Gasteiger partial charge in [-0.15, -0.1) is 0 Å². The van der Waals surface area contributed by atoms with Crippen LogP contribution in [0, 0.1) is 5.82 Å². The Balaban J connectivity index is 2.10. The van der Waals surface area contributed by atoms with E-state index in [0.717, 1.165) is 0 Å². The van der Waals surface area contributed by atoms with E-state index in [4.69, 9.17) is 9.15 Å². The first-order valence-corrected chi connectivity index (χ1v) is 6.96. The van der Waals surface area contributed by atoms with E-state index in [1.165, 1.54) is 19.2 Å². The van der Waals surface area contributed by atoms with E-state index in [-0.39, 0.29) is 17.1 Å². The molecular formula is C16H10BrFO3. The van der Waals surface area contributed by atoms with Gasteiger partial charge in [0.15, 0.2) is 17.2 Å². The van der Waals surface area contributed by atoms with E-state index in [1.807, 2.05) is 0 Å². The fourth-order valence-electron chi connectivity index (χ4n) is 2.08. The Hall–Kier alpha value is -2.14. The molecule has 0 amide bonds. The second kappa shape index (κ2) is 5.33. The minimum Gasteiger partial charge on any atom is -0.497 e. The summed E-state index contributed by atoms with van der Waals surface area (Å²) in [7, 11) is 1.52. The van der Waals surface area contributed by atoms with Crippen LogP contribution in [0.1, 0.15) is 16.1 Å². The predicted molar refractivity (Wildman–Crippen MR) is 80.3 cm³/mol. The number of carbonyl (C=O) groups is 1. The third-order valence-corrected chi connectivity index (χ3v) is 3.83. The smallest absolute Gasteiger partial charge is 0.229 e. The molecule has 1 heterocycles. The number of ether oxygens (including phenoxy) is 1. The van der Waals surface area contributed by atoms with Gasteiger partial charge >= 0.3 is 0 Å². The number of hydrogen-bond donors (Lipinski definition) is 0. The molecule has 0 fully saturated rings. The molecule has 0 aliphatic rings. The van der Waals surface area contributed by atoms with E-state index in [2.05, 4.69) is 15.9 Å². The van der Waals surface area contributed by atoms with Crippen molar-refractivity contribution < 1.29 is 18.3 Å². The average Bonchev–Trinajstić information content (AvgIpc) is 2.93. The molecule has 0 saturated carbocycles. The second-order valence-corrected chi connectivity index (χ2v) is 5.30. The summed E-state index contributed by atoms with van der Waals surface area (Å²) in [6, 6.07) is 11.2. The van der Waals surface area contributed by atoms with Gasteiger partial charge in [0, 0.05) is 15.4 Å². The lowest BCUT2D eigenvalue weighted by Gasteiger charge is -2.04. The number of carbonyl (C=O) groups excluding carboxylic acids is 1. The molecule has 0 N–H and O–H groups in total. The Morgan fingerprint density at radius 1 is 1.24 bits per heavy atom. The number of furan rings is 1. The van der Waals surface area contributed by atoms with Crippen LogP contribution in [-0.2, 0) is 0 Å². The predicted octanol–water partition coefficient (Wildman–Crippen LogP) is 4.57. The summed E-state index contributed by atoms with van der Waals surface area (Å²) in [4.78, 5) is 12.5. The van der Waals surface area contributed by atoms with Crippen molar-refractivity contribution in [1.29, 1.82) is 0 Å². The molecule has 0 aliphatic carbocycles. The summed E-state index contributed by atoms with van der Waals surface area (Å²) < 4.78 is 24.7. The van der Waals surface area contributed by atoms with E-state index in [0.29, 0.717) is 21.2 Å². The molecule has 3 aromatic rings. The Morgan fingerprint density at radius 2 is 2.05 bits per heavy atom. The van der Waals surface area contributed by atoms with Crippen molar-refractivity contribution in [1.82, 2.24) is 0 Å². The van der Waals surface area contributed by atoms with Crippen molar-refractivity contribution in [3.8, 4) is 5.75 Å². The first-order valence-electron chi connectivity index (χ1n) is 6.16. The maximum Gasteiger partial charge on any atom is 0.229 e. The van der Waals surface area contributed by atoms with Gasteiger partial charge in [0.05, 0.1) is 7.11 Å². The van der Waals surface area contributed by atoms with Crippen LogP contribution in [-0.4, -0.2) is 12.9 Å². The number of benzene rings is 2. The van der Waals surface area contributed by atoms with Gasteiger partial charge in [-0.25, -0.2) is 4.39 Å². The molecule has 3 nitrogen and oxygen atoms in total. The van der Waals surface area contributed by atoms with Crippen molar-refractivity contribution in [3.05, 3.63) is 64.1 Å². The summed E-state index contributed by atoms with van der Waals surface area (Å²) in [5.41, 5.74) is 0.480. The number of hydrogen-bond acceptors (Lipinski definition) is 3. The van der Waals surface area contributed by atoms with E-state index in [9.17, 15) is 9.18 Å². The largest absolute Gasteiger partial charge is 0.497 e. The summed E-state index contributed by atoms with van der Waals surface area (Å²) in [6.45, 7) is 0. The molecule has 106 valence electrons. The number of fused-ring (bicyclic) bond motifs is 1. The van der Waals surface area contributed by atoms with Gasteiger partial charge in [0.25, 0.3) is 0 Å². The number of para-hydroxylation sites is 1. The minimum atomic E-state index is -0.490. The van der Waals surface area contributed by atoms with Crippen LogP contribution in [0.25, 0.3) is 11.0 Å². The lowest BCUT2D eigenvalue weighted by molar-refractivity contribution is 0.101. The fraction of sp³-hybridized carbons (Fsp3) is 0.0625. The third-order valence-electron chi connectivity index (χ3n) is 3.14. The number of halogens is 2. The highest BCUT2D eigenvalue weighted by Crippen LogP contribution is 2.28.